The first-order chi connectivity index (χ1) is 16.0. The van der Waals surface area contributed by atoms with Gasteiger partial charge in [-0.25, -0.2) is 0 Å². The van der Waals surface area contributed by atoms with Crippen molar-refractivity contribution in [2.24, 2.45) is 0 Å². The first-order valence-corrected chi connectivity index (χ1v) is 15.7. The Kier molecular flexibility index (Phi) is 9.18. The smallest absolute Gasteiger partial charge is 0.163 e. The summed E-state index contributed by atoms with van der Waals surface area (Å²) in [6.45, 7) is 17.4. The van der Waals surface area contributed by atoms with Gasteiger partial charge in [0, 0.05) is 51.0 Å². The zero-order valence-corrected chi connectivity index (χ0v) is 25.0. The molecule has 7 heteroatoms. The van der Waals surface area contributed by atoms with E-state index in [1.165, 1.54) is 11.3 Å². The molecule has 0 amide bonds. The maximum absolute atomic E-state index is 6.08. The molecule has 0 aromatic carbocycles. The molecule has 2 aliphatic carbocycles. The van der Waals surface area contributed by atoms with Gasteiger partial charge < -0.3 is 18.9 Å². The van der Waals surface area contributed by atoms with Crippen LogP contribution in [0.2, 0.25) is 0 Å². The molecule has 4 aliphatic heterocycles. The zero-order chi connectivity index (χ0) is 24.4. The van der Waals surface area contributed by atoms with Gasteiger partial charge in [-0.15, -0.1) is 0 Å². The topological polar surface area (TPSA) is 36.9 Å². The van der Waals surface area contributed by atoms with Crippen molar-refractivity contribution in [3.8, 4) is 0 Å². The number of hydrogen-bond acceptors (Lipinski definition) is 4. The summed E-state index contributed by atoms with van der Waals surface area (Å²) in [7, 11) is -0.301. The van der Waals surface area contributed by atoms with E-state index < -0.39 is 11.6 Å². The van der Waals surface area contributed by atoms with Crippen molar-refractivity contribution < 1.29 is 36.0 Å². The Balaban J connectivity index is 0.000000160. The van der Waals surface area contributed by atoms with Crippen molar-refractivity contribution >= 4 is 15.8 Å². The molecule has 2 saturated carbocycles. The molecule has 0 spiro atoms. The van der Waals surface area contributed by atoms with E-state index in [0.29, 0.717) is 22.6 Å². The fraction of sp³-hybridized carbons (Fsp3) is 0.643. The molecule has 6 fully saturated rings. The predicted molar refractivity (Wildman–Crippen MR) is 140 cm³/mol. The van der Waals surface area contributed by atoms with Gasteiger partial charge in [0.25, 0.3) is 0 Å². The number of rotatable bonds is 2. The van der Waals surface area contributed by atoms with Crippen LogP contribution in [0.5, 0.6) is 0 Å². The second kappa shape index (κ2) is 11.0. The van der Waals surface area contributed by atoms with E-state index in [1.807, 2.05) is 27.7 Å². The molecule has 4 nitrogen and oxygen atoms in total. The number of hydrogen-bond donors (Lipinski definition) is 0. The average molecular weight is 558 g/mol. The van der Waals surface area contributed by atoms with E-state index in [0.717, 1.165) is 0 Å². The van der Waals surface area contributed by atoms with Crippen LogP contribution >= 0.6 is 15.8 Å². The van der Waals surface area contributed by atoms with Crippen LogP contribution < -0.4 is 0 Å². The Morgan fingerprint density at radius 3 is 0.971 bits per heavy atom. The molecule has 10 radical (unpaired) electrons. The Labute approximate surface area is 228 Å². The number of ether oxygens (including phenoxy) is 4. The third-order valence-corrected chi connectivity index (χ3v) is 14.3. The van der Waals surface area contributed by atoms with Crippen molar-refractivity contribution in [2.45, 2.75) is 114 Å². The van der Waals surface area contributed by atoms with Gasteiger partial charge >= 0.3 is 0 Å². The summed E-state index contributed by atoms with van der Waals surface area (Å²) in [6, 6.07) is 0. The molecule has 4 saturated heterocycles. The molecule has 0 N–H and O–H groups in total. The Morgan fingerprint density at radius 2 is 0.743 bits per heavy atom. The minimum atomic E-state index is -0.398. The first-order valence-electron chi connectivity index (χ1n) is 12.7. The van der Waals surface area contributed by atoms with Crippen molar-refractivity contribution in [3.63, 3.8) is 0 Å². The summed E-state index contributed by atoms with van der Waals surface area (Å²) in [4.78, 5) is 0. The minimum Gasteiger partial charge on any atom is -0.344 e. The normalized spacial score (nSPS) is 48.3. The molecule has 6 aliphatic rings. The molecular formula is C28H40FeO4P2. The molecule has 35 heavy (non-hydrogen) atoms. The zero-order valence-electron chi connectivity index (χ0n) is 22.1. The monoisotopic (exact) mass is 558 g/mol. The van der Waals surface area contributed by atoms with Gasteiger partial charge in [-0.05, 0) is 79.1 Å². The summed E-state index contributed by atoms with van der Waals surface area (Å²) in [5.41, 5.74) is 5.37. The van der Waals surface area contributed by atoms with Crippen LogP contribution in [0.15, 0.2) is 0 Å². The van der Waals surface area contributed by atoms with Gasteiger partial charge in [0.05, 0.1) is 24.4 Å². The molecule has 6 rings (SSSR count). The van der Waals surface area contributed by atoms with Gasteiger partial charge in [0.1, 0.15) is 0 Å². The van der Waals surface area contributed by atoms with Gasteiger partial charge in [-0.1, -0.05) is 43.5 Å². The Bertz CT molecular complexity index is 624. The summed E-state index contributed by atoms with van der Waals surface area (Å²) >= 11 is 0. The van der Waals surface area contributed by atoms with Gasteiger partial charge in [0.15, 0.2) is 11.6 Å². The SMILES string of the molecule is C[C@H]1[C@H]2OC(C)(C)O[C@@H]2[C@H](C)P1[C]1[CH][CH][CH][CH]1.C[C@H]1[C@H]2OC(C)(C)O[C@@H]2[C@H](C)P1[C]1[CH][CH][CH][CH]1.[Fe]. The van der Waals surface area contributed by atoms with Crippen molar-refractivity contribution in [1.82, 2.24) is 0 Å². The van der Waals surface area contributed by atoms with Gasteiger partial charge in [-0.2, -0.15) is 0 Å². The standard InChI is InChI=1S/2C14H20O2P.Fe/c2*1-9-12-13(16-14(3,4)15-12)10(2)17(9)11-7-5-6-8-11;/h2*5-10,12-13H,1-4H3;/t2*9-,10-,12+,13+;/m00./s1. The van der Waals surface area contributed by atoms with Crippen molar-refractivity contribution in [1.29, 1.82) is 0 Å². The van der Waals surface area contributed by atoms with E-state index in [4.69, 9.17) is 18.9 Å². The predicted octanol–water partition coefficient (Wildman–Crippen LogP) is 6.28. The molecule has 0 aromatic rings. The fourth-order valence-electron chi connectivity index (χ4n) is 6.51. The largest absolute Gasteiger partial charge is 0.344 e. The maximum atomic E-state index is 6.08. The van der Waals surface area contributed by atoms with E-state index in [9.17, 15) is 0 Å². The van der Waals surface area contributed by atoms with E-state index in [-0.39, 0.29) is 57.3 Å². The minimum absolute atomic E-state index is 0. The molecule has 0 bridgehead atoms. The number of fused-ring (bicyclic) bond motifs is 2. The molecule has 4 heterocycles. The molecule has 0 unspecified atom stereocenters. The van der Waals surface area contributed by atoms with Gasteiger partial charge in [0.2, 0.25) is 0 Å². The van der Waals surface area contributed by atoms with Crippen molar-refractivity contribution in [2.75, 3.05) is 0 Å². The molecule has 8 atom stereocenters. The van der Waals surface area contributed by atoms with Gasteiger partial charge in [-0.3, -0.25) is 0 Å². The summed E-state index contributed by atoms with van der Waals surface area (Å²) in [5.74, 6) is -0.795. The second-order valence-electron chi connectivity index (χ2n) is 11.2. The third-order valence-electron chi connectivity index (χ3n) is 7.87. The quantitative estimate of drug-likeness (QED) is 0.295. The molecule has 194 valence electrons. The van der Waals surface area contributed by atoms with Crippen LogP contribution in [0.4, 0.5) is 0 Å². The van der Waals surface area contributed by atoms with Crippen LogP contribution in [-0.4, -0.2) is 58.6 Å². The van der Waals surface area contributed by atoms with Crippen LogP contribution in [-0.2, 0) is 36.0 Å². The Morgan fingerprint density at radius 1 is 0.514 bits per heavy atom. The summed E-state index contributed by atoms with van der Waals surface area (Å²) < 4.78 is 24.3. The van der Waals surface area contributed by atoms with E-state index in [1.54, 1.807) is 0 Å². The molecule has 0 aromatic heterocycles. The summed E-state index contributed by atoms with van der Waals surface area (Å²) in [6.07, 6.45) is 18.7. The van der Waals surface area contributed by atoms with E-state index >= 15 is 0 Å². The van der Waals surface area contributed by atoms with Crippen molar-refractivity contribution in [3.05, 3.63) is 62.7 Å². The maximum Gasteiger partial charge on any atom is 0.163 e. The van der Waals surface area contributed by atoms with Crippen LogP contribution in [0, 0.1) is 62.7 Å². The Hall–Kier alpha value is 1.22. The average Bonchev–Trinajstić information content (AvgIpc) is 3.56. The van der Waals surface area contributed by atoms with Crippen LogP contribution in [0.25, 0.3) is 0 Å². The summed E-state index contributed by atoms with van der Waals surface area (Å²) in [5, 5.41) is 0. The van der Waals surface area contributed by atoms with Crippen LogP contribution in [0.1, 0.15) is 55.4 Å². The molecular weight excluding hydrogens is 518 g/mol. The second-order valence-corrected chi connectivity index (χ2v) is 17.1. The first kappa shape index (κ1) is 29.2. The van der Waals surface area contributed by atoms with E-state index in [2.05, 4.69) is 79.1 Å². The fourth-order valence-corrected chi connectivity index (χ4v) is 13.1. The third kappa shape index (κ3) is 5.61. The van der Waals surface area contributed by atoms with Crippen LogP contribution in [0.3, 0.4) is 0 Å².